The molecule has 8 heteroatoms. The lowest BCUT2D eigenvalue weighted by Gasteiger charge is -2.24. The van der Waals surface area contributed by atoms with Crippen LogP contribution in [0.5, 0.6) is 17.2 Å². The average Bonchev–Trinajstić information content (AvgIpc) is 3.30. The summed E-state index contributed by atoms with van der Waals surface area (Å²) in [6.45, 7) is 1.91. The molecule has 0 amide bonds. The van der Waals surface area contributed by atoms with E-state index in [1.54, 1.807) is 57.7 Å². The van der Waals surface area contributed by atoms with Crippen molar-refractivity contribution in [2.75, 3.05) is 21.3 Å². The number of nitrogens with zero attached hydrogens (tertiary/aromatic N) is 2. The first-order chi connectivity index (χ1) is 15.9. The molecule has 172 valence electrons. The lowest BCUT2D eigenvalue weighted by Crippen LogP contribution is -2.27. The molecule has 0 aromatic heterocycles. The monoisotopic (exact) mass is 466 g/mol. The molecule has 0 radical (unpaired) electrons. The molecule has 7 nitrogen and oxygen atoms in total. The molecule has 0 bridgehead atoms. The van der Waals surface area contributed by atoms with Gasteiger partial charge in [-0.25, -0.2) is 0 Å². The van der Waals surface area contributed by atoms with Gasteiger partial charge in [-0.05, 0) is 43.3 Å². The number of benzene rings is 3. The molecule has 4 rings (SSSR count). The minimum atomic E-state index is -3.91. The van der Waals surface area contributed by atoms with Gasteiger partial charge in [-0.1, -0.05) is 35.9 Å². The summed E-state index contributed by atoms with van der Waals surface area (Å²) in [6, 6.07) is 19.0. The minimum Gasteiger partial charge on any atom is -0.496 e. The van der Waals surface area contributed by atoms with Crippen LogP contribution in [0.3, 0.4) is 0 Å². The molecule has 1 heterocycles. The largest absolute Gasteiger partial charge is 0.496 e. The van der Waals surface area contributed by atoms with Gasteiger partial charge in [0.05, 0.1) is 38.0 Å². The predicted octanol–water partition coefficient (Wildman–Crippen LogP) is 4.56. The molecule has 0 saturated carbocycles. The number of hydrogen-bond acceptors (Lipinski definition) is 6. The molecule has 1 atom stereocenters. The summed E-state index contributed by atoms with van der Waals surface area (Å²) in [5, 5.41) is 4.60. The van der Waals surface area contributed by atoms with Crippen LogP contribution in [0.4, 0.5) is 0 Å². The molecule has 1 aliphatic rings. The van der Waals surface area contributed by atoms with Crippen LogP contribution in [-0.2, 0) is 10.0 Å². The molecule has 0 fully saturated rings. The summed E-state index contributed by atoms with van der Waals surface area (Å²) in [5.41, 5.74) is 3.11. The van der Waals surface area contributed by atoms with Crippen molar-refractivity contribution in [1.29, 1.82) is 0 Å². The maximum absolute atomic E-state index is 13.7. The van der Waals surface area contributed by atoms with E-state index in [1.807, 2.05) is 37.3 Å². The van der Waals surface area contributed by atoms with Crippen LogP contribution in [0.1, 0.15) is 29.2 Å². The minimum absolute atomic E-state index is 0.185. The third kappa shape index (κ3) is 4.26. The number of sulfonamides is 1. The van der Waals surface area contributed by atoms with Gasteiger partial charge in [0, 0.05) is 17.5 Å². The van der Waals surface area contributed by atoms with Gasteiger partial charge in [0.1, 0.15) is 5.75 Å². The highest BCUT2D eigenvalue weighted by Gasteiger charge is 2.39. The lowest BCUT2D eigenvalue weighted by molar-refractivity contribution is 0.350. The zero-order valence-corrected chi connectivity index (χ0v) is 19.8. The number of aryl methyl sites for hydroxylation is 1. The van der Waals surface area contributed by atoms with Gasteiger partial charge in [0.2, 0.25) is 0 Å². The molecule has 0 spiro atoms. The van der Waals surface area contributed by atoms with Crippen LogP contribution in [0.15, 0.2) is 76.7 Å². The molecule has 0 aliphatic carbocycles. The number of hydrazone groups is 1. The van der Waals surface area contributed by atoms with Crippen LogP contribution in [0, 0.1) is 6.92 Å². The average molecular weight is 467 g/mol. The van der Waals surface area contributed by atoms with E-state index in [0.29, 0.717) is 29.4 Å². The summed E-state index contributed by atoms with van der Waals surface area (Å²) in [4.78, 5) is 0.185. The Morgan fingerprint density at radius 3 is 2.18 bits per heavy atom. The number of rotatable bonds is 7. The third-order valence-corrected chi connectivity index (χ3v) is 7.35. The van der Waals surface area contributed by atoms with Gasteiger partial charge in [-0.2, -0.15) is 17.9 Å². The van der Waals surface area contributed by atoms with E-state index < -0.39 is 16.1 Å². The summed E-state index contributed by atoms with van der Waals surface area (Å²) < 4.78 is 44.8. The van der Waals surface area contributed by atoms with E-state index in [-0.39, 0.29) is 4.90 Å². The van der Waals surface area contributed by atoms with Gasteiger partial charge >= 0.3 is 0 Å². The smallest absolute Gasteiger partial charge is 0.279 e. The van der Waals surface area contributed by atoms with Crippen LogP contribution in [0.25, 0.3) is 0 Å². The van der Waals surface area contributed by atoms with E-state index in [4.69, 9.17) is 14.2 Å². The zero-order chi connectivity index (χ0) is 23.6. The van der Waals surface area contributed by atoms with Gasteiger partial charge in [-0.3, -0.25) is 0 Å². The van der Waals surface area contributed by atoms with Crippen molar-refractivity contribution in [2.45, 2.75) is 24.3 Å². The molecule has 0 N–H and O–H groups in total. The van der Waals surface area contributed by atoms with E-state index in [0.717, 1.165) is 16.7 Å². The summed E-state index contributed by atoms with van der Waals surface area (Å²) in [6.07, 6.45) is 0.376. The molecule has 3 aromatic rings. The number of methoxy groups -OCH3 is 3. The number of para-hydroxylation sites is 1. The lowest BCUT2D eigenvalue weighted by atomic mass is 9.98. The Bertz CT molecular complexity index is 1290. The molecule has 0 unspecified atom stereocenters. The molecule has 33 heavy (non-hydrogen) atoms. The van der Waals surface area contributed by atoms with Gasteiger partial charge in [0.25, 0.3) is 10.0 Å². The highest BCUT2D eigenvalue weighted by Crippen LogP contribution is 2.41. The van der Waals surface area contributed by atoms with Crippen LogP contribution in [-0.4, -0.2) is 39.9 Å². The van der Waals surface area contributed by atoms with Crippen molar-refractivity contribution in [1.82, 2.24) is 4.41 Å². The Hall–Kier alpha value is -3.52. The SMILES string of the molecule is COc1ccc(C2=NN(S(=O)(=O)c3ccc(C)cc3)[C@@H](c3ccccc3OC)C2)cc1OC. The Balaban J connectivity index is 1.83. The van der Waals surface area contributed by atoms with Gasteiger partial charge in [0.15, 0.2) is 11.5 Å². The van der Waals surface area contributed by atoms with Crippen molar-refractivity contribution in [3.63, 3.8) is 0 Å². The molecular formula is C25H26N2O5S. The quantitative estimate of drug-likeness (QED) is 0.510. The second kappa shape index (κ2) is 9.15. The van der Waals surface area contributed by atoms with Crippen molar-refractivity contribution >= 4 is 15.7 Å². The highest BCUT2D eigenvalue weighted by atomic mass is 32.2. The molecule has 1 aliphatic heterocycles. The summed E-state index contributed by atoms with van der Waals surface area (Å²) in [5.74, 6) is 1.74. The van der Waals surface area contributed by atoms with Crippen LogP contribution >= 0.6 is 0 Å². The van der Waals surface area contributed by atoms with E-state index in [9.17, 15) is 8.42 Å². The van der Waals surface area contributed by atoms with Crippen molar-refractivity contribution in [2.24, 2.45) is 5.10 Å². The van der Waals surface area contributed by atoms with Crippen LogP contribution < -0.4 is 14.2 Å². The highest BCUT2D eigenvalue weighted by molar-refractivity contribution is 7.89. The van der Waals surface area contributed by atoms with Crippen molar-refractivity contribution in [3.05, 3.63) is 83.4 Å². The Labute approximate surface area is 194 Å². The Morgan fingerprint density at radius 2 is 1.52 bits per heavy atom. The van der Waals surface area contributed by atoms with Gasteiger partial charge < -0.3 is 14.2 Å². The molecule has 3 aromatic carbocycles. The van der Waals surface area contributed by atoms with Crippen molar-refractivity contribution < 1.29 is 22.6 Å². The Kier molecular flexibility index (Phi) is 6.29. The van der Waals surface area contributed by atoms with E-state index in [1.165, 1.54) is 4.41 Å². The fourth-order valence-electron chi connectivity index (χ4n) is 3.89. The van der Waals surface area contributed by atoms with E-state index >= 15 is 0 Å². The topological polar surface area (TPSA) is 77.4 Å². The third-order valence-electron chi connectivity index (χ3n) is 5.65. The van der Waals surface area contributed by atoms with Gasteiger partial charge in [-0.15, -0.1) is 0 Å². The van der Waals surface area contributed by atoms with Crippen molar-refractivity contribution in [3.8, 4) is 17.2 Å². The second-order valence-electron chi connectivity index (χ2n) is 7.67. The first-order valence-electron chi connectivity index (χ1n) is 10.4. The fourth-order valence-corrected chi connectivity index (χ4v) is 5.32. The maximum atomic E-state index is 13.7. The second-order valence-corrected chi connectivity index (χ2v) is 9.46. The normalized spacial score (nSPS) is 15.8. The number of hydrogen-bond donors (Lipinski definition) is 0. The molecular weight excluding hydrogens is 440 g/mol. The zero-order valence-electron chi connectivity index (χ0n) is 19.0. The summed E-state index contributed by atoms with van der Waals surface area (Å²) in [7, 11) is 0.786. The fraction of sp³-hybridized carbons (Fsp3) is 0.240. The molecule has 0 saturated heterocycles. The standard InChI is InChI=1S/C25H26N2O5S/c1-17-9-12-19(13-10-17)33(28,29)27-22(20-7-5-6-8-23(20)30-2)16-21(26-27)18-11-14-24(31-3)25(15-18)32-4/h5-15,22H,16H2,1-4H3/t22-/m1/s1. The summed E-state index contributed by atoms with van der Waals surface area (Å²) >= 11 is 0. The van der Waals surface area contributed by atoms with E-state index in [2.05, 4.69) is 5.10 Å². The maximum Gasteiger partial charge on any atom is 0.279 e. The number of ether oxygens (including phenoxy) is 3. The predicted molar refractivity (Wildman–Crippen MR) is 127 cm³/mol. The first kappa shape index (κ1) is 22.7. The first-order valence-corrected chi connectivity index (χ1v) is 11.9. The van der Waals surface area contributed by atoms with Crippen LogP contribution in [0.2, 0.25) is 0 Å². The Morgan fingerprint density at radius 1 is 0.848 bits per heavy atom.